The summed E-state index contributed by atoms with van der Waals surface area (Å²) in [6.07, 6.45) is 6.27. The van der Waals surface area contributed by atoms with Crippen molar-refractivity contribution < 1.29 is 9.84 Å². The Morgan fingerprint density at radius 2 is 2.29 bits per heavy atom. The van der Waals surface area contributed by atoms with Crippen molar-refractivity contribution in [2.75, 3.05) is 0 Å². The fourth-order valence-corrected chi connectivity index (χ4v) is 2.91. The highest BCUT2D eigenvalue weighted by molar-refractivity contribution is 5.38. The van der Waals surface area contributed by atoms with Gasteiger partial charge in [-0.25, -0.2) is 4.98 Å². The van der Waals surface area contributed by atoms with E-state index in [1.54, 1.807) is 0 Å². The number of benzene rings is 1. The third kappa shape index (κ3) is 2.95. The number of hydrogen-bond donors (Lipinski definition) is 1. The van der Waals surface area contributed by atoms with E-state index in [1.165, 1.54) is 5.56 Å². The van der Waals surface area contributed by atoms with Crippen molar-refractivity contribution in [1.82, 2.24) is 9.55 Å². The molecule has 2 aromatic rings. The molecule has 4 nitrogen and oxygen atoms in total. The van der Waals surface area contributed by atoms with Gasteiger partial charge in [0.2, 0.25) is 0 Å². The molecular formula is C17H22N2O2. The van der Waals surface area contributed by atoms with Gasteiger partial charge in [0.25, 0.3) is 0 Å². The average Bonchev–Trinajstić information content (AvgIpc) is 2.94. The lowest BCUT2D eigenvalue weighted by Gasteiger charge is -2.22. The number of fused-ring (bicyclic) bond motifs is 1. The maximum Gasteiger partial charge on any atom is 0.130 e. The zero-order chi connectivity index (χ0) is 14.8. The molecule has 0 amide bonds. The van der Waals surface area contributed by atoms with Crippen LogP contribution in [0.3, 0.4) is 0 Å². The molecule has 1 N–H and O–H groups in total. The Kier molecular flexibility index (Phi) is 3.97. The number of imidazole rings is 1. The number of rotatable bonds is 4. The minimum atomic E-state index is -0.349. The predicted octanol–water partition coefficient (Wildman–Crippen LogP) is 3.41. The third-order valence-electron chi connectivity index (χ3n) is 4.09. The zero-order valence-electron chi connectivity index (χ0n) is 12.6. The first-order chi connectivity index (χ1) is 10.1. The van der Waals surface area contributed by atoms with E-state index in [0.29, 0.717) is 12.6 Å². The fourth-order valence-electron chi connectivity index (χ4n) is 2.91. The number of aliphatic hydroxyl groups excluding tert-OH is 1. The SMILES string of the molecule is CC(C)n1cncc1COc1ccc2c(c1)[C@@H](O)CCC2. The normalized spacial score (nSPS) is 17.8. The number of nitrogens with zero attached hydrogens (tertiary/aromatic N) is 2. The number of aliphatic hydroxyl groups is 1. The van der Waals surface area contributed by atoms with E-state index < -0.39 is 0 Å². The molecule has 0 saturated carbocycles. The van der Waals surface area contributed by atoms with Gasteiger partial charge in [-0.2, -0.15) is 0 Å². The summed E-state index contributed by atoms with van der Waals surface area (Å²) in [5, 5.41) is 10.1. The summed E-state index contributed by atoms with van der Waals surface area (Å²) in [5.41, 5.74) is 3.33. The molecule has 1 aliphatic carbocycles. The molecule has 0 aliphatic heterocycles. The molecule has 0 unspecified atom stereocenters. The summed E-state index contributed by atoms with van der Waals surface area (Å²) in [6.45, 7) is 4.74. The smallest absolute Gasteiger partial charge is 0.130 e. The lowest BCUT2D eigenvalue weighted by molar-refractivity contribution is 0.156. The molecule has 1 atom stereocenters. The lowest BCUT2D eigenvalue weighted by atomic mass is 9.89. The van der Waals surface area contributed by atoms with E-state index in [-0.39, 0.29) is 6.10 Å². The predicted molar refractivity (Wildman–Crippen MR) is 81.3 cm³/mol. The second kappa shape index (κ2) is 5.90. The van der Waals surface area contributed by atoms with Gasteiger partial charge in [-0.3, -0.25) is 0 Å². The molecule has 112 valence electrons. The van der Waals surface area contributed by atoms with Crippen molar-refractivity contribution in [3.63, 3.8) is 0 Å². The van der Waals surface area contributed by atoms with Crippen LogP contribution in [0.15, 0.2) is 30.7 Å². The highest BCUT2D eigenvalue weighted by atomic mass is 16.5. The number of aryl methyl sites for hydroxylation is 1. The van der Waals surface area contributed by atoms with Gasteiger partial charge in [0.15, 0.2) is 0 Å². The van der Waals surface area contributed by atoms with Crippen molar-refractivity contribution in [3.8, 4) is 5.75 Å². The van der Waals surface area contributed by atoms with Crippen LogP contribution in [-0.4, -0.2) is 14.7 Å². The molecule has 1 heterocycles. The van der Waals surface area contributed by atoms with Gasteiger partial charge in [0.05, 0.1) is 24.3 Å². The summed E-state index contributed by atoms with van der Waals surface area (Å²) in [6, 6.07) is 6.42. The molecule has 0 spiro atoms. The maximum absolute atomic E-state index is 10.1. The molecule has 0 bridgehead atoms. The second-order valence-corrected chi connectivity index (χ2v) is 5.94. The number of hydrogen-bond acceptors (Lipinski definition) is 3. The molecule has 0 saturated heterocycles. The van der Waals surface area contributed by atoms with E-state index in [4.69, 9.17) is 4.74 Å². The van der Waals surface area contributed by atoms with Gasteiger partial charge in [-0.1, -0.05) is 6.07 Å². The van der Waals surface area contributed by atoms with Gasteiger partial charge in [0, 0.05) is 6.04 Å². The summed E-state index contributed by atoms with van der Waals surface area (Å²) in [7, 11) is 0. The van der Waals surface area contributed by atoms with Crippen LogP contribution >= 0.6 is 0 Å². The standard InChI is InChI=1S/C17H22N2O2/c1-12(2)19-11-18-9-14(19)10-21-15-7-6-13-4-3-5-17(20)16(13)8-15/h6-9,11-12,17,20H,3-5,10H2,1-2H3/t17-/m0/s1. The van der Waals surface area contributed by atoms with Crippen molar-refractivity contribution in [2.45, 2.75) is 51.9 Å². The van der Waals surface area contributed by atoms with Crippen molar-refractivity contribution in [1.29, 1.82) is 0 Å². The van der Waals surface area contributed by atoms with Gasteiger partial charge >= 0.3 is 0 Å². The monoisotopic (exact) mass is 286 g/mol. The van der Waals surface area contributed by atoms with Crippen LogP contribution in [0.25, 0.3) is 0 Å². The summed E-state index contributed by atoms with van der Waals surface area (Å²) in [4.78, 5) is 4.18. The second-order valence-electron chi connectivity index (χ2n) is 5.94. The quantitative estimate of drug-likeness (QED) is 0.937. The fraction of sp³-hybridized carbons (Fsp3) is 0.471. The highest BCUT2D eigenvalue weighted by Gasteiger charge is 2.18. The van der Waals surface area contributed by atoms with Gasteiger partial charge < -0.3 is 14.4 Å². The maximum atomic E-state index is 10.1. The molecule has 3 rings (SSSR count). The third-order valence-corrected chi connectivity index (χ3v) is 4.09. The molecular weight excluding hydrogens is 264 g/mol. The van der Waals surface area contributed by atoms with Gasteiger partial charge in [0.1, 0.15) is 12.4 Å². The van der Waals surface area contributed by atoms with Crippen molar-refractivity contribution >= 4 is 0 Å². The molecule has 1 aromatic carbocycles. The van der Waals surface area contributed by atoms with Crippen LogP contribution in [0.5, 0.6) is 5.75 Å². The Morgan fingerprint density at radius 1 is 1.43 bits per heavy atom. The van der Waals surface area contributed by atoms with Crippen LogP contribution in [0.1, 0.15) is 55.7 Å². The van der Waals surface area contributed by atoms with Crippen LogP contribution < -0.4 is 4.74 Å². The largest absolute Gasteiger partial charge is 0.487 e. The number of ether oxygens (including phenoxy) is 1. The lowest BCUT2D eigenvalue weighted by Crippen LogP contribution is -2.10. The Morgan fingerprint density at radius 3 is 3.10 bits per heavy atom. The minimum Gasteiger partial charge on any atom is -0.487 e. The van der Waals surface area contributed by atoms with E-state index in [1.807, 2.05) is 24.7 Å². The van der Waals surface area contributed by atoms with Crippen molar-refractivity contribution in [3.05, 3.63) is 47.5 Å². The summed E-state index contributed by atoms with van der Waals surface area (Å²) < 4.78 is 7.99. The van der Waals surface area contributed by atoms with Gasteiger partial charge in [-0.15, -0.1) is 0 Å². The molecule has 4 heteroatoms. The molecule has 0 radical (unpaired) electrons. The van der Waals surface area contributed by atoms with Gasteiger partial charge in [-0.05, 0) is 56.4 Å². The van der Waals surface area contributed by atoms with E-state index in [9.17, 15) is 5.11 Å². The van der Waals surface area contributed by atoms with Crippen LogP contribution in [0, 0.1) is 0 Å². The highest BCUT2D eigenvalue weighted by Crippen LogP contribution is 2.32. The topological polar surface area (TPSA) is 47.3 Å². The van der Waals surface area contributed by atoms with Crippen molar-refractivity contribution in [2.24, 2.45) is 0 Å². The Balaban J connectivity index is 1.74. The molecule has 1 aromatic heterocycles. The van der Waals surface area contributed by atoms with E-state index in [0.717, 1.165) is 36.3 Å². The van der Waals surface area contributed by atoms with E-state index in [2.05, 4.69) is 29.5 Å². The Hall–Kier alpha value is -1.81. The zero-order valence-corrected chi connectivity index (χ0v) is 12.6. The Bertz CT molecular complexity index is 619. The summed E-state index contributed by atoms with van der Waals surface area (Å²) in [5.74, 6) is 0.811. The Labute approximate surface area is 125 Å². The average molecular weight is 286 g/mol. The first kappa shape index (κ1) is 14.1. The minimum absolute atomic E-state index is 0.349. The number of aromatic nitrogens is 2. The van der Waals surface area contributed by atoms with Crippen LogP contribution in [0.4, 0.5) is 0 Å². The summed E-state index contributed by atoms with van der Waals surface area (Å²) >= 11 is 0. The van der Waals surface area contributed by atoms with Crippen LogP contribution in [0.2, 0.25) is 0 Å². The first-order valence-electron chi connectivity index (χ1n) is 7.59. The first-order valence-corrected chi connectivity index (χ1v) is 7.59. The molecule has 0 fully saturated rings. The molecule has 1 aliphatic rings. The van der Waals surface area contributed by atoms with E-state index >= 15 is 0 Å². The molecule has 21 heavy (non-hydrogen) atoms. The van der Waals surface area contributed by atoms with Crippen LogP contribution in [-0.2, 0) is 13.0 Å².